The maximum atomic E-state index is 5.60. The SMILES string of the molecule is COc1ccc(NC2CCCC2C2COCCN2)cn1. The second-order valence-corrected chi connectivity index (χ2v) is 5.57. The van der Waals surface area contributed by atoms with Gasteiger partial charge in [-0.3, -0.25) is 0 Å². The number of nitrogens with one attached hydrogen (secondary N) is 2. The van der Waals surface area contributed by atoms with Gasteiger partial charge in [0.15, 0.2) is 0 Å². The molecule has 1 saturated carbocycles. The molecule has 1 saturated heterocycles. The van der Waals surface area contributed by atoms with Crippen molar-refractivity contribution in [3.05, 3.63) is 18.3 Å². The van der Waals surface area contributed by atoms with E-state index in [1.54, 1.807) is 7.11 Å². The third kappa shape index (κ3) is 3.04. The van der Waals surface area contributed by atoms with Crippen LogP contribution in [0.3, 0.4) is 0 Å². The quantitative estimate of drug-likeness (QED) is 0.876. The standard InChI is InChI=1S/C15H23N3O2/c1-19-15-6-5-11(9-17-15)18-13-4-2-3-12(13)14-10-20-8-7-16-14/h5-6,9,12-14,16,18H,2-4,7-8,10H2,1H3. The number of methoxy groups -OCH3 is 1. The zero-order chi connectivity index (χ0) is 13.8. The summed E-state index contributed by atoms with van der Waals surface area (Å²) in [6.45, 7) is 2.64. The van der Waals surface area contributed by atoms with Gasteiger partial charge in [-0.1, -0.05) is 6.42 Å². The minimum absolute atomic E-state index is 0.481. The molecule has 3 atom stereocenters. The van der Waals surface area contributed by atoms with Crippen molar-refractivity contribution in [1.29, 1.82) is 0 Å². The van der Waals surface area contributed by atoms with Crippen molar-refractivity contribution in [2.45, 2.75) is 31.3 Å². The second kappa shape index (κ2) is 6.41. The molecule has 5 nitrogen and oxygen atoms in total. The Morgan fingerprint density at radius 2 is 2.35 bits per heavy atom. The van der Waals surface area contributed by atoms with Crippen molar-refractivity contribution < 1.29 is 9.47 Å². The molecule has 0 spiro atoms. The highest BCUT2D eigenvalue weighted by atomic mass is 16.5. The Morgan fingerprint density at radius 3 is 3.05 bits per heavy atom. The molecule has 2 fully saturated rings. The van der Waals surface area contributed by atoms with E-state index in [4.69, 9.17) is 9.47 Å². The van der Waals surface area contributed by atoms with Crippen molar-refractivity contribution in [3.63, 3.8) is 0 Å². The van der Waals surface area contributed by atoms with Gasteiger partial charge in [0, 0.05) is 24.7 Å². The zero-order valence-corrected chi connectivity index (χ0v) is 12.0. The highest BCUT2D eigenvalue weighted by Gasteiger charge is 2.34. The summed E-state index contributed by atoms with van der Waals surface area (Å²) in [4.78, 5) is 4.25. The largest absolute Gasteiger partial charge is 0.481 e. The Kier molecular flexibility index (Phi) is 4.38. The molecule has 2 heterocycles. The minimum atomic E-state index is 0.481. The molecule has 0 radical (unpaired) electrons. The number of hydrogen-bond acceptors (Lipinski definition) is 5. The van der Waals surface area contributed by atoms with Gasteiger partial charge in [-0.2, -0.15) is 0 Å². The van der Waals surface area contributed by atoms with E-state index in [9.17, 15) is 0 Å². The lowest BCUT2D eigenvalue weighted by molar-refractivity contribution is 0.0559. The number of ether oxygens (including phenoxy) is 2. The van der Waals surface area contributed by atoms with Crippen molar-refractivity contribution in [2.75, 3.05) is 32.2 Å². The molecule has 1 aliphatic carbocycles. The Bertz CT molecular complexity index is 418. The van der Waals surface area contributed by atoms with Crippen LogP contribution in [0.4, 0.5) is 5.69 Å². The van der Waals surface area contributed by atoms with Gasteiger partial charge in [-0.05, 0) is 24.8 Å². The Hall–Kier alpha value is -1.33. The second-order valence-electron chi connectivity index (χ2n) is 5.57. The normalized spacial score (nSPS) is 30.1. The first-order valence-electron chi connectivity index (χ1n) is 7.44. The molecule has 1 aromatic heterocycles. The molecule has 2 N–H and O–H groups in total. The van der Waals surface area contributed by atoms with E-state index in [-0.39, 0.29) is 0 Å². The van der Waals surface area contributed by atoms with Crippen LogP contribution in [-0.4, -0.2) is 43.9 Å². The van der Waals surface area contributed by atoms with Crippen LogP contribution in [0, 0.1) is 5.92 Å². The van der Waals surface area contributed by atoms with Crippen molar-refractivity contribution in [1.82, 2.24) is 10.3 Å². The fraction of sp³-hybridized carbons (Fsp3) is 0.667. The first-order chi connectivity index (χ1) is 9.86. The van der Waals surface area contributed by atoms with Gasteiger partial charge in [0.25, 0.3) is 0 Å². The summed E-state index contributed by atoms with van der Waals surface area (Å²) in [6.07, 6.45) is 5.61. The van der Waals surface area contributed by atoms with Gasteiger partial charge in [0.1, 0.15) is 0 Å². The molecule has 0 bridgehead atoms. The van der Waals surface area contributed by atoms with Crippen LogP contribution in [-0.2, 0) is 4.74 Å². The average Bonchev–Trinajstić information content (AvgIpc) is 2.97. The van der Waals surface area contributed by atoms with Crippen LogP contribution < -0.4 is 15.4 Å². The molecular formula is C15H23N3O2. The van der Waals surface area contributed by atoms with Gasteiger partial charge in [-0.15, -0.1) is 0 Å². The summed E-state index contributed by atoms with van der Waals surface area (Å²) >= 11 is 0. The number of morpholine rings is 1. The van der Waals surface area contributed by atoms with Crippen LogP contribution in [0.15, 0.2) is 18.3 Å². The third-order valence-electron chi connectivity index (χ3n) is 4.33. The fourth-order valence-electron chi connectivity index (χ4n) is 3.31. The van der Waals surface area contributed by atoms with Crippen LogP contribution in [0.25, 0.3) is 0 Å². The summed E-state index contributed by atoms with van der Waals surface area (Å²) in [6, 6.07) is 4.92. The number of anilines is 1. The summed E-state index contributed by atoms with van der Waals surface area (Å²) < 4.78 is 10.7. The molecule has 5 heteroatoms. The Morgan fingerprint density at radius 1 is 1.40 bits per heavy atom. The van der Waals surface area contributed by atoms with Crippen molar-refractivity contribution in [3.8, 4) is 5.88 Å². The van der Waals surface area contributed by atoms with E-state index >= 15 is 0 Å². The fourth-order valence-corrected chi connectivity index (χ4v) is 3.31. The number of nitrogens with zero attached hydrogens (tertiary/aromatic N) is 1. The van der Waals surface area contributed by atoms with Crippen LogP contribution in [0.1, 0.15) is 19.3 Å². The summed E-state index contributed by atoms with van der Waals surface area (Å²) in [5.74, 6) is 1.29. The number of aromatic nitrogens is 1. The molecule has 2 aliphatic rings. The molecule has 1 aliphatic heterocycles. The monoisotopic (exact) mass is 277 g/mol. The summed E-state index contributed by atoms with van der Waals surface area (Å²) in [5.41, 5.74) is 1.07. The minimum Gasteiger partial charge on any atom is -0.481 e. The molecule has 0 aromatic carbocycles. The van der Waals surface area contributed by atoms with Gasteiger partial charge in [-0.25, -0.2) is 4.98 Å². The number of pyridine rings is 1. The van der Waals surface area contributed by atoms with E-state index in [0.717, 1.165) is 25.4 Å². The summed E-state index contributed by atoms with van der Waals surface area (Å²) in [5, 5.41) is 7.22. The van der Waals surface area contributed by atoms with E-state index in [1.807, 2.05) is 18.3 Å². The van der Waals surface area contributed by atoms with Crippen molar-refractivity contribution >= 4 is 5.69 Å². The molecule has 3 unspecified atom stereocenters. The Balaban J connectivity index is 1.62. The van der Waals surface area contributed by atoms with Gasteiger partial charge < -0.3 is 20.1 Å². The predicted molar refractivity (Wildman–Crippen MR) is 78.2 cm³/mol. The highest BCUT2D eigenvalue weighted by Crippen LogP contribution is 2.31. The Labute approximate surface area is 120 Å². The van der Waals surface area contributed by atoms with Gasteiger partial charge >= 0.3 is 0 Å². The number of hydrogen-bond donors (Lipinski definition) is 2. The van der Waals surface area contributed by atoms with Crippen molar-refractivity contribution in [2.24, 2.45) is 5.92 Å². The van der Waals surface area contributed by atoms with Gasteiger partial charge in [0.2, 0.25) is 5.88 Å². The summed E-state index contributed by atoms with van der Waals surface area (Å²) in [7, 11) is 1.64. The van der Waals surface area contributed by atoms with E-state index < -0.39 is 0 Å². The lowest BCUT2D eigenvalue weighted by Crippen LogP contribution is -2.49. The molecule has 110 valence electrons. The maximum absolute atomic E-state index is 5.60. The van der Waals surface area contributed by atoms with Crippen LogP contribution in [0.5, 0.6) is 5.88 Å². The van der Waals surface area contributed by atoms with Crippen LogP contribution >= 0.6 is 0 Å². The average molecular weight is 277 g/mol. The first-order valence-corrected chi connectivity index (χ1v) is 7.44. The zero-order valence-electron chi connectivity index (χ0n) is 12.0. The lowest BCUT2D eigenvalue weighted by atomic mass is 9.94. The molecule has 20 heavy (non-hydrogen) atoms. The lowest BCUT2D eigenvalue weighted by Gasteiger charge is -2.33. The van der Waals surface area contributed by atoms with E-state index in [1.165, 1.54) is 19.3 Å². The smallest absolute Gasteiger partial charge is 0.213 e. The predicted octanol–water partition coefficient (Wildman–Crippen LogP) is 1.66. The molecular weight excluding hydrogens is 254 g/mol. The molecule has 0 amide bonds. The maximum Gasteiger partial charge on any atom is 0.213 e. The van der Waals surface area contributed by atoms with Gasteiger partial charge in [0.05, 0.1) is 32.2 Å². The van der Waals surface area contributed by atoms with E-state index in [2.05, 4.69) is 15.6 Å². The highest BCUT2D eigenvalue weighted by molar-refractivity contribution is 5.43. The third-order valence-corrected chi connectivity index (χ3v) is 4.33. The molecule has 1 aromatic rings. The number of rotatable bonds is 4. The first kappa shape index (κ1) is 13.6. The molecule has 3 rings (SSSR count). The van der Waals surface area contributed by atoms with E-state index in [0.29, 0.717) is 23.9 Å². The van der Waals surface area contributed by atoms with Crippen LogP contribution in [0.2, 0.25) is 0 Å². The topological polar surface area (TPSA) is 55.4 Å².